The maximum Gasteiger partial charge on any atom is 0.419 e. The summed E-state index contributed by atoms with van der Waals surface area (Å²) in [4.78, 5) is 24.3. The van der Waals surface area contributed by atoms with Crippen LogP contribution in [0.25, 0.3) is 11.1 Å². The molecule has 2 aromatic carbocycles. The minimum absolute atomic E-state index is 0.0508. The molecule has 1 N–H and O–H groups in total. The molecule has 1 aliphatic rings. The molecule has 0 saturated carbocycles. The first-order chi connectivity index (χ1) is 14.8. The van der Waals surface area contributed by atoms with Crippen molar-refractivity contribution < 1.29 is 17.6 Å². The zero-order chi connectivity index (χ0) is 22.2. The zero-order valence-corrected chi connectivity index (χ0v) is 18.3. The number of oxazole rings is 1. The standard InChI is InChI=1S/C22H25N3O5S/c1-15-3-5-16(6-4-15)14-23-21(26)17-9-11-25(12-10-17)31(28,29)18-7-8-19-20(13-18)30-22(27)24(19)2/h3-8,13,17H,9-12,14H2,1-2H3,(H,23,26). The van der Waals surface area contributed by atoms with Gasteiger partial charge >= 0.3 is 5.76 Å². The summed E-state index contributed by atoms with van der Waals surface area (Å²) in [5, 5.41) is 2.95. The van der Waals surface area contributed by atoms with Crippen molar-refractivity contribution in [3.63, 3.8) is 0 Å². The molecule has 1 aliphatic heterocycles. The van der Waals surface area contributed by atoms with Gasteiger partial charge in [0.25, 0.3) is 0 Å². The average Bonchev–Trinajstić information content (AvgIpc) is 3.06. The van der Waals surface area contributed by atoms with Crippen molar-refractivity contribution in [1.82, 2.24) is 14.2 Å². The molecule has 8 nitrogen and oxygen atoms in total. The van der Waals surface area contributed by atoms with E-state index in [2.05, 4.69) is 5.32 Å². The molecule has 31 heavy (non-hydrogen) atoms. The van der Waals surface area contributed by atoms with Crippen LogP contribution in [0.1, 0.15) is 24.0 Å². The zero-order valence-electron chi connectivity index (χ0n) is 17.5. The van der Waals surface area contributed by atoms with Crippen molar-refractivity contribution in [2.75, 3.05) is 13.1 Å². The van der Waals surface area contributed by atoms with Crippen molar-refractivity contribution in [2.45, 2.75) is 31.2 Å². The van der Waals surface area contributed by atoms with Crippen LogP contribution in [0.2, 0.25) is 0 Å². The molecule has 0 atom stereocenters. The number of aryl methyl sites for hydroxylation is 2. The summed E-state index contributed by atoms with van der Waals surface area (Å²) < 4.78 is 33.9. The van der Waals surface area contributed by atoms with Crippen LogP contribution in [0.15, 0.2) is 56.6 Å². The summed E-state index contributed by atoms with van der Waals surface area (Å²) in [5.41, 5.74) is 2.96. The van der Waals surface area contributed by atoms with Crippen molar-refractivity contribution in [1.29, 1.82) is 0 Å². The summed E-state index contributed by atoms with van der Waals surface area (Å²) in [6.45, 7) is 3.00. The number of carbonyl (C=O) groups excluding carboxylic acids is 1. The molecule has 0 radical (unpaired) electrons. The van der Waals surface area contributed by atoms with Crippen molar-refractivity contribution in [3.8, 4) is 0 Å². The summed E-state index contributed by atoms with van der Waals surface area (Å²) in [5.74, 6) is -0.807. The Morgan fingerprint density at radius 1 is 1.13 bits per heavy atom. The van der Waals surface area contributed by atoms with Crippen molar-refractivity contribution >= 4 is 27.0 Å². The number of amides is 1. The molecule has 1 amide bonds. The van der Waals surface area contributed by atoms with Crippen LogP contribution in [-0.4, -0.2) is 36.3 Å². The highest BCUT2D eigenvalue weighted by Gasteiger charge is 2.32. The highest BCUT2D eigenvalue weighted by Crippen LogP contribution is 2.26. The monoisotopic (exact) mass is 443 g/mol. The average molecular weight is 444 g/mol. The summed E-state index contributed by atoms with van der Waals surface area (Å²) in [6, 6.07) is 12.4. The minimum atomic E-state index is -3.74. The number of piperidine rings is 1. The van der Waals surface area contributed by atoms with Gasteiger partial charge in [0.1, 0.15) is 0 Å². The van der Waals surface area contributed by atoms with Crippen LogP contribution in [0.4, 0.5) is 0 Å². The van der Waals surface area contributed by atoms with Gasteiger partial charge in [0.05, 0.1) is 10.4 Å². The van der Waals surface area contributed by atoms with E-state index >= 15 is 0 Å². The number of nitrogens with zero attached hydrogens (tertiary/aromatic N) is 2. The summed E-state index contributed by atoms with van der Waals surface area (Å²) >= 11 is 0. The van der Waals surface area contributed by atoms with Gasteiger partial charge in [0.2, 0.25) is 15.9 Å². The van der Waals surface area contributed by atoms with E-state index in [0.29, 0.717) is 24.9 Å². The molecule has 9 heteroatoms. The van der Waals surface area contributed by atoms with E-state index in [-0.39, 0.29) is 35.4 Å². The van der Waals surface area contributed by atoms with Gasteiger partial charge in [0, 0.05) is 38.7 Å². The Morgan fingerprint density at radius 3 is 2.48 bits per heavy atom. The smallest absolute Gasteiger partial charge is 0.408 e. The minimum Gasteiger partial charge on any atom is -0.408 e. The van der Waals surface area contributed by atoms with E-state index in [9.17, 15) is 18.0 Å². The van der Waals surface area contributed by atoms with Gasteiger partial charge in [-0.1, -0.05) is 29.8 Å². The molecular weight excluding hydrogens is 418 g/mol. The normalized spacial score (nSPS) is 15.9. The Labute approximate surface area is 180 Å². The van der Waals surface area contributed by atoms with Gasteiger partial charge in [-0.3, -0.25) is 9.36 Å². The van der Waals surface area contributed by atoms with Crippen LogP contribution in [0.5, 0.6) is 0 Å². The number of nitrogens with one attached hydrogen (secondary N) is 1. The number of hydrogen-bond acceptors (Lipinski definition) is 5. The molecule has 1 fully saturated rings. The van der Waals surface area contributed by atoms with Crippen molar-refractivity contribution in [3.05, 3.63) is 64.1 Å². The third kappa shape index (κ3) is 4.28. The Bertz CT molecular complexity index is 1270. The lowest BCUT2D eigenvalue weighted by Crippen LogP contribution is -2.42. The Morgan fingerprint density at radius 2 is 1.81 bits per heavy atom. The molecule has 2 heterocycles. The Kier molecular flexibility index (Phi) is 5.72. The fourth-order valence-electron chi connectivity index (χ4n) is 3.82. The molecule has 1 aromatic heterocycles. The van der Waals surface area contributed by atoms with Gasteiger partial charge < -0.3 is 9.73 Å². The second-order valence-electron chi connectivity index (χ2n) is 7.94. The molecule has 1 saturated heterocycles. The topological polar surface area (TPSA) is 102 Å². The fourth-order valence-corrected chi connectivity index (χ4v) is 5.31. The van der Waals surface area contributed by atoms with Gasteiger partial charge in [0.15, 0.2) is 5.58 Å². The van der Waals surface area contributed by atoms with Crippen LogP contribution >= 0.6 is 0 Å². The number of hydrogen-bond donors (Lipinski definition) is 1. The number of rotatable bonds is 5. The second-order valence-corrected chi connectivity index (χ2v) is 9.88. The second kappa shape index (κ2) is 8.32. The molecule has 0 unspecified atom stereocenters. The molecule has 164 valence electrons. The fraction of sp³-hybridized carbons (Fsp3) is 0.364. The number of sulfonamides is 1. The highest BCUT2D eigenvalue weighted by molar-refractivity contribution is 7.89. The van der Waals surface area contributed by atoms with Gasteiger partial charge in [-0.05, 0) is 37.5 Å². The molecule has 3 aromatic rings. The third-order valence-electron chi connectivity index (χ3n) is 5.81. The van der Waals surface area contributed by atoms with E-state index in [0.717, 1.165) is 11.1 Å². The number of fused-ring (bicyclic) bond motifs is 1. The third-order valence-corrected chi connectivity index (χ3v) is 7.71. The van der Waals surface area contributed by atoms with E-state index < -0.39 is 15.8 Å². The first kappa shape index (κ1) is 21.3. The van der Waals surface area contributed by atoms with Crippen LogP contribution in [0, 0.1) is 12.8 Å². The Hall–Kier alpha value is -2.91. The Balaban J connectivity index is 1.38. The first-order valence-electron chi connectivity index (χ1n) is 10.2. The predicted octanol–water partition coefficient (Wildman–Crippen LogP) is 2.16. The molecule has 0 spiro atoms. The number of aromatic nitrogens is 1. The highest BCUT2D eigenvalue weighted by atomic mass is 32.2. The number of carbonyl (C=O) groups is 1. The molecule has 0 bridgehead atoms. The van der Waals surface area contributed by atoms with Crippen LogP contribution < -0.4 is 11.1 Å². The van der Waals surface area contributed by atoms with E-state index in [1.165, 1.54) is 21.0 Å². The van der Waals surface area contributed by atoms with E-state index in [4.69, 9.17) is 4.42 Å². The quantitative estimate of drug-likeness (QED) is 0.651. The lowest BCUT2D eigenvalue weighted by molar-refractivity contribution is -0.126. The summed E-state index contributed by atoms with van der Waals surface area (Å²) in [7, 11) is -2.17. The molecule has 0 aliphatic carbocycles. The van der Waals surface area contributed by atoms with Gasteiger partial charge in [-0.15, -0.1) is 0 Å². The maximum atomic E-state index is 13.0. The van der Waals surface area contributed by atoms with Gasteiger partial charge in [-0.25, -0.2) is 13.2 Å². The lowest BCUT2D eigenvalue weighted by Gasteiger charge is -2.30. The predicted molar refractivity (Wildman–Crippen MR) is 116 cm³/mol. The van der Waals surface area contributed by atoms with Gasteiger partial charge in [-0.2, -0.15) is 4.31 Å². The molecular formula is C22H25N3O5S. The first-order valence-corrected chi connectivity index (χ1v) is 11.6. The SMILES string of the molecule is Cc1ccc(CNC(=O)C2CCN(S(=O)(=O)c3ccc4c(c3)oc(=O)n4C)CC2)cc1. The lowest BCUT2D eigenvalue weighted by atomic mass is 9.97. The maximum absolute atomic E-state index is 13.0. The van der Waals surface area contributed by atoms with Crippen LogP contribution in [0.3, 0.4) is 0 Å². The molecule has 4 rings (SSSR count). The van der Waals surface area contributed by atoms with Crippen LogP contribution in [-0.2, 0) is 28.4 Å². The van der Waals surface area contributed by atoms with E-state index in [1.54, 1.807) is 13.1 Å². The number of benzene rings is 2. The van der Waals surface area contributed by atoms with E-state index in [1.807, 2.05) is 31.2 Å². The van der Waals surface area contributed by atoms with Crippen molar-refractivity contribution in [2.24, 2.45) is 13.0 Å². The summed E-state index contributed by atoms with van der Waals surface area (Å²) in [6.07, 6.45) is 0.920. The largest absolute Gasteiger partial charge is 0.419 e.